The Bertz CT molecular complexity index is 1750. The molecule has 10 nitrogen and oxygen atoms in total. The van der Waals surface area contributed by atoms with Gasteiger partial charge in [-0.25, -0.2) is 19.3 Å². The number of rotatable bonds is 8. The molecule has 4 aromatic heterocycles. The fourth-order valence-electron chi connectivity index (χ4n) is 3.95. The smallest absolute Gasteiger partial charge is 0.340 e. The van der Waals surface area contributed by atoms with Gasteiger partial charge in [-0.2, -0.15) is 8.78 Å². The van der Waals surface area contributed by atoms with Crippen LogP contribution in [0.2, 0.25) is 5.02 Å². The average molecular weight is 553 g/mol. The van der Waals surface area contributed by atoms with Crippen LogP contribution in [0.3, 0.4) is 0 Å². The zero-order valence-electron chi connectivity index (χ0n) is 20.2. The van der Waals surface area contributed by atoms with Crippen LogP contribution in [0.25, 0.3) is 22.5 Å². The second-order valence-electron chi connectivity index (χ2n) is 8.07. The van der Waals surface area contributed by atoms with E-state index in [9.17, 15) is 18.4 Å². The summed E-state index contributed by atoms with van der Waals surface area (Å²) in [5, 5.41) is 0.200. The van der Waals surface area contributed by atoms with Gasteiger partial charge in [0, 0.05) is 42.1 Å². The summed E-state index contributed by atoms with van der Waals surface area (Å²) in [6.45, 7) is -3.06. The third-order valence-corrected chi connectivity index (χ3v) is 5.93. The van der Waals surface area contributed by atoms with Gasteiger partial charge in [0.05, 0.1) is 35.8 Å². The summed E-state index contributed by atoms with van der Waals surface area (Å²) in [4.78, 5) is 39.4. The summed E-state index contributed by atoms with van der Waals surface area (Å²) in [7, 11) is 1.42. The van der Waals surface area contributed by atoms with Gasteiger partial charge in [0.25, 0.3) is 5.56 Å². The summed E-state index contributed by atoms with van der Waals surface area (Å²) in [5.74, 6) is 0.370. The number of methoxy groups -OCH3 is 1. The minimum Gasteiger partial charge on any atom is -0.486 e. The van der Waals surface area contributed by atoms with E-state index in [0.717, 1.165) is 10.8 Å². The molecule has 39 heavy (non-hydrogen) atoms. The first-order valence-electron chi connectivity index (χ1n) is 11.4. The van der Waals surface area contributed by atoms with E-state index in [0.29, 0.717) is 10.1 Å². The number of imidazole rings is 1. The second kappa shape index (κ2) is 10.9. The molecular formula is C26H19ClF2N6O4. The molecule has 0 bridgehead atoms. The molecule has 0 N–H and O–H groups in total. The molecule has 198 valence electrons. The number of alkyl halides is 2. The van der Waals surface area contributed by atoms with Gasteiger partial charge < -0.3 is 9.47 Å². The van der Waals surface area contributed by atoms with E-state index >= 15 is 0 Å². The molecule has 0 amide bonds. The fourth-order valence-corrected chi connectivity index (χ4v) is 4.17. The number of ether oxygens (including phenoxy) is 2. The molecule has 0 saturated heterocycles. The summed E-state index contributed by atoms with van der Waals surface area (Å²) >= 11 is 6.34. The predicted molar refractivity (Wildman–Crippen MR) is 138 cm³/mol. The van der Waals surface area contributed by atoms with E-state index in [2.05, 4.69) is 15.0 Å². The van der Waals surface area contributed by atoms with Crippen LogP contribution in [-0.4, -0.2) is 35.8 Å². The summed E-state index contributed by atoms with van der Waals surface area (Å²) in [5.41, 5.74) is -0.364. The van der Waals surface area contributed by atoms with Crippen LogP contribution in [0.5, 0.6) is 11.6 Å². The summed E-state index contributed by atoms with van der Waals surface area (Å²) in [6.07, 6.45) is 8.15. The molecule has 0 aliphatic heterocycles. The van der Waals surface area contributed by atoms with Gasteiger partial charge in [0.15, 0.2) is 5.82 Å². The molecular weight excluding hydrogens is 534 g/mol. The van der Waals surface area contributed by atoms with Crippen molar-refractivity contribution < 1.29 is 18.3 Å². The number of pyridine rings is 2. The highest BCUT2D eigenvalue weighted by Gasteiger charge is 2.20. The van der Waals surface area contributed by atoms with Crippen molar-refractivity contribution in [2.45, 2.75) is 13.2 Å². The predicted octanol–water partition coefficient (Wildman–Crippen LogP) is 4.28. The first-order valence-corrected chi connectivity index (χ1v) is 11.8. The standard InChI is InChI=1S/C26H19ClF2N6O4/c1-38-23-20(5-3-7-32-23)21-14-34(26(37)35(24(21)36)17-4-2-6-30-13-17)18-10-16(27)11-19(12-18)39-15-22-31-8-9-33(22)25(28)29/h2-14,25H,15H2,1H3. The zero-order valence-corrected chi connectivity index (χ0v) is 21.0. The van der Waals surface area contributed by atoms with Crippen molar-refractivity contribution >= 4 is 11.6 Å². The normalized spacial score (nSPS) is 11.1. The fraction of sp³-hybridized carbons (Fsp3) is 0.115. The molecule has 1 aromatic carbocycles. The van der Waals surface area contributed by atoms with E-state index in [-0.39, 0.29) is 46.0 Å². The number of hydrogen-bond acceptors (Lipinski definition) is 7. The van der Waals surface area contributed by atoms with Crippen molar-refractivity contribution in [1.82, 2.24) is 28.7 Å². The monoisotopic (exact) mass is 552 g/mol. The minimum atomic E-state index is -2.78. The maximum absolute atomic E-state index is 13.7. The number of aromatic nitrogens is 6. The first-order chi connectivity index (χ1) is 18.9. The van der Waals surface area contributed by atoms with Crippen LogP contribution in [0, 0.1) is 0 Å². The molecule has 0 aliphatic carbocycles. The molecule has 5 aromatic rings. The SMILES string of the molecule is COc1ncccc1-c1cn(-c2cc(Cl)cc(OCc3nccn3C(F)F)c2)c(=O)n(-c2cccnc2)c1=O. The number of halogens is 3. The largest absolute Gasteiger partial charge is 0.486 e. The van der Waals surface area contributed by atoms with Gasteiger partial charge in [-0.05, 0) is 36.4 Å². The Morgan fingerprint density at radius 1 is 1.00 bits per heavy atom. The maximum Gasteiger partial charge on any atom is 0.340 e. The van der Waals surface area contributed by atoms with Crippen molar-refractivity contribution in [3.05, 3.63) is 111 Å². The van der Waals surface area contributed by atoms with Gasteiger partial charge in [-0.3, -0.25) is 18.9 Å². The van der Waals surface area contributed by atoms with E-state index in [1.165, 1.54) is 60.9 Å². The van der Waals surface area contributed by atoms with E-state index < -0.39 is 17.8 Å². The summed E-state index contributed by atoms with van der Waals surface area (Å²) < 4.78 is 40.3. The molecule has 0 radical (unpaired) electrons. The highest BCUT2D eigenvalue weighted by molar-refractivity contribution is 6.30. The van der Waals surface area contributed by atoms with E-state index in [1.807, 2.05) is 0 Å². The molecule has 4 heterocycles. The van der Waals surface area contributed by atoms with Crippen LogP contribution >= 0.6 is 11.6 Å². The number of benzene rings is 1. The first kappa shape index (κ1) is 25.8. The molecule has 0 saturated carbocycles. The van der Waals surface area contributed by atoms with Gasteiger partial charge in [-0.1, -0.05) is 11.6 Å². The van der Waals surface area contributed by atoms with Crippen LogP contribution < -0.4 is 20.7 Å². The van der Waals surface area contributed by atoms with Crippen LogP contribution in [0.1, 0.15) is 12.4 Å². The maximum atomic E-state index is 13.7. The molecule has 0 fully saturated rings. The lowest BCUT2D eigenvalue weighted by atomic mass is 10.1. The highest BCUT2D eigenvalue weighted by Crippen LogP contribution is 2.28. The van der Waals surface area contributed by atoms with Gasteiger partial charge in [0.2, 0.25) is 5.88 Å². The van der Waals surface area contributed by atoms with Crippen LogP contribution in [-0.2, 0) is 6.61 Å². The molecule has 0 atom stereocenters. The van der Waals surface area contributed by atoms with Crippen molar-refractivity contribution in [2.24, 2.45) is 0 Å². The van der Waals surface area contributed by atoms with Crippen molar-refractivity contribution in [3.63, 3.8) is 0 Å². The van der Waals surface area contributed by atoms with Crippen LogP contribution in [0.4, 0.5) is 8.78 Å². The Hall–Kier alpha value is -4.84. The molecule has 13 heteroatoms. The van der Waals surface area contributed by atoms with E-state index in [4.69, 9.17) is 21.1 Å². The van der Waals surface area contributed by atoms with Crippen molar-refractivity contribution in [3.8, 4) is 34.1 Å². The number of hydrogen-bond donors (Lipinski definition) is 0. The second-order valence-corrected chi connectivity index (χ2v) is 8.51. The average Bonchev–Trinajstić information content (AvgIpc) is 3.42. The van der Waals surface area contributed by atoms with Gasteiger partial charge in [-0.15, -0.1) is 0 Å². The Morgan fingerprint density at radius 3 is 2.56 bits per heavy atom. The summed E-state index contributed by atoms with van der Waals surface area (Å²) in [6, 6.07) is 10.9. The Labute approximate surface area is 224 Å². The Kier molecular flexibility index (Phi) is 7.19. The minimum absolute atomic E-state index is 0.000205. The van der Waals surface area contributed by atoms with Gasteiger partial charge in [0.1, 0.15) is 12.4 Å². The molecule has 0 aliphatic rings. The topological polar surface area (TPSA) is 106 Å². The quantitative estimate of drug-likeness (QED) is 0.283. The molecule has 0 unspecified atom stereocenters. The molecule has 0 spiro atoms. The third kappa shape index (κ3) is 5.14. The van der Waals surface area contributed by atoms with Crippen molar-refractivity contribution in [1.29, 1.82) is 0 Å². The zero-order chi connectivity index (χ0) is 27.5. The number of nitrogens with zero attached hydrogens (tertiary/aromatic N) is 6. The van der Waals surface area contributed by atoms with Crippen LogP contribution in [0.15, 0.2) is 89.2 Å². The lowest BCUT2D eigenvalue weighted by molar-refractivity contribution is 0.0632. The van der Waals surface area contributed by atoms with Crippen molar-refractivity contribution in [2.75, 3.05) is 7.11 Å². The highest BCUT2D eigenvalue weighted by atomic mass is 35.5. The Morgan fingerprint density at radius 2 is 1.82 bits per heavy atom. The van der Waals surface area contributed by atoms with Gasteiger partial charge >= 0.3 is 12.2 Å². The lowest BCUT2D eigenvalue weighted by Crippen LogP contribution is -2.38. The third-order valence-electron chi connectivity index (χ3n) is 5.71. The van der Waals surface area contributed by atoms with E-state index in [1.54, 1.807) is 24.3 Å². The Balaban J connectivity index is 1.66. The molecule has 5 rings (SSSR count). The lowest BCUT2D eigenvalue weighted by Gasteiger charge is -2.16.